The maximum absolute atomic E-state index is 9.40. The lowest BCUT2D eigenvalue weighted by atomic mass is 10.2. The zero-order chi connectivity index (χ0) is 12.3. The number of aliphatic hydroxyl groups is 1. The van der Waals surface area contributed by atoms with Crippen molar-refractivity contribution in [3.8, 4) is 0 Å². The van der Waals surface area contributed by atoms with Gasteiger partial charge in [0.1, 0.15) is 0 Å². The molecule has 0 saturated carbocycles. The molecule has 0 aliphatic carbocycles. The Morgan fingerprint density at radius 2 is 2.24 bits per heavy atom. The van der Waals surface area contributed by atoms with Crippen LogP contribution in [0.25, 0.3) is 0 Å². The van der Waals surface area contributed by atoms with Crippen LogP contribution in [0.5, 0.6) is 0 Å². The van der Waals surface area contributed by atoms with Gasteiger partial charge in [-0.3, -0.25) is 0 Å². The Balaban J connectivity index is 2.18. The lowest BCUT2D eigenvalue weighted by Gasteiger charge is -2.16. The van der Waals surface area contributed by atoms with E-state index in [-0.39, 0.29) is 12.6 Å². The predicted octanol–water partition coefficient (Wildman–Crippen LogP) is 3.25. The van der Waals surface area contributed by atoms with Crippen molar-refractivity contribution in [1.82, 2.24) is 4.98 Å². The Kier molecular flexibility index (Phi) is 3.99. The number of rotatable bonds is 4. The van der Waals surface area contributed by atoms with Crippen molar-refractivity contribution in [1.29, 1.82) is 0 Å². The van der Waals surface area contributed by atoms with E-state index in [2.05, 4.69) is 10.3 Å². The number of hydrogen-bond acceptors (Lipinski definition) is 4. The third-order valence-corrected chi connectivity index (χ3v) is 3.50. The molecule has 1 atom stereocenters. The SMILES string of the molecule is Cc1nc(C(CO)Nc2ccccc2Cl)cs1. The number of aromatic nitrogens is 1. The first-order valence-corrected chi connectivity index (χ1v) is 6.50. The Labute approximate surface area is 109 Å². The largest absolute Gasteiger partial charge is 0.394 e. The van der Waals surface area contributed by atoms with E-state index in [1.807, 2.05) is 36.6 Å². The highest BCUT2D eigenvalue weighted by Gasteiger charge is 2.14. The molecule has 2 N–H and O–H groups in total. The van der Waals surface area contributed by atoms with Crippen molar-refractivity contribution in [2.24, 2.45) is 0 Å². The summed E-state index contributed by atoms with van der Waals surface area (Å²) in [5, 5.41) is 16.2. The van der Waals surface area contributed by atoms with Crippen molar-refractivity contribution < 1.29 is 5.11 Å². The summed E-state index contributed by atoms with van der Waals surface area (Å²) in [7, 11) is 0. The highest BCUT2D eigenvalue weighted by molar-refractivity contribution is 7.09. The number of hydrogen-bond donors (Lipinski definition) is 2. The van der Waals surface area contributed by atoms with Gasteiger partial charge < -0.3 is 10.4 Å². The van der Waals surface area contributed by atoms with Crippen molar-refractivity contribution in [3.63, 3.8) is 0 Å². The van der Waals surface area contributed by atoms with Crippen LogP contribution in [0.1, 0.15) is 16.7 Å². The first-order valence-electron chi connectivity index (χ1n) is 5.24. The van der Waals surface area contributed by atoms with Gasteiger partial charge in [0.15, 0.2) is 0 Å². The number of nitrogens with one attached hydrogen (secondary N) is 1. The summed E-state index contributed by atoms with van der Waals surface area (Å²) in [6.45, 7) is 1.92. The fourth-order valence-electron chi connectivity index (χ4n) is 1.52. The molecule has 1 aromatic carbocycles. The van der Waals surface area contributed by atoms with Crippen molar-refractivity contribution in [2.75, 3.05) is 11.9 Å². The Morgan fingerprint density at radius 3 is 2.82 bits per heavy atom. The van der Waals surface area contributed by atoms with E-state index < -0.39 is 0 Å². The number of aryl methyl sites for hydroxylation is 1. The van der Waals surface area contributed by atoms with E-state index in [1.54, 1.807) is 11.3 Å². The fraction of sp³-hybridized carbons (Fsp3) is 0.250. The second-order valence-corrected chi connectivity index (χ2v) is 5.12. The summed E-state index contributed by atoms with van der Waals surface area (Å²) < 4.78 is 0. The molecule has 1 unspecified atom stereocenters. The normalized spacial score (nSPS) is 12.4. The molecule has 3 nitrogen and oxygen atoms in total. The van der Waals surface area contributed by atoms with E-state index >= 15 is 0 Å². The molecule has 0 amide bonds. The van der Waals surface area contributed by atoms with Gasteiger partial charge in [-0.05, 0) is 19.1 Å². The monoisotopic (exact) mass is 268 g/mol. The molecule has 90 valence electrons. The molecule has 1 heterocycles. The minimum atomic E-state index is -0.222. The standard InChI is InChI=1S/C12H13ClN2OS/c1-8-14-12(7-17-8)11(6-16)15-10-5-3-2-4-9(10)13/h2-5,7,11,15-16H,6H2,1H3. The van der Waals surface area contributed by atoms with E-state index in [1.165, 1.54) is 0 Å². The van der Waals surface area contributed by atoms with Crippen LogP contribution in [0.4, 0.5) is 5.69 Å². The molecule has 2 rings (SSSR count). The third-order valence-electron chi connectivity index (χ3n) is 2.38. The summed E-state index contributed by atoms with van der Waals surface area (Å²) in [4.78, 5) is 4.36. The van der Waals surface area contributed by atoms with Gasteiger partial charge in [0.05, 0.1) is 34.1 Å². The number of anilines is 1. The van der Waals surface area contributed by atoms with E-state index in [0.717, 1.165) is 16.4 Å². The number of para-hydroxylation sites is 1. The summed E-state index contributed by atoms with van der Waals surface area (Å²) in [5.74, 6) is 0. The molecule has 0 spiro atoms. The molecule has 17 heavy (non-hydrogen) atoms. The number of thiazole rings is 1. The van der Waals surface area contributed by atoms with E-state index in [9.17, 15) is 5.11 Å². The first kappa shape index (κ1) is 12.4. The van der Waals surface area contributed by atoms with Crippen LogP contribution in [-0.2, 0) is 0 Å². The van der Waals surface area contributed by atoms with Crippen LogP contribution in [-0.4, -0.2) is 16.7 Å². The molecule has 0 saturated heterocycles. The number of benzene rings is 1. The van der Waals surface area contributed by atoms with Gasteiger partial charge in [-0.25, -0.2) is 4.98 Å². The van der Waals surface area contributed by atoms with Crippen molar-refractivity contribution in [3.05, 3.63) is 45.4 Å². The summed E-state index contributed by atoms with van der Waals surface area (Å²) in [6, 6.07) is 7.23. The molecule has 5 heteroatoms. The van der Waals surface area contributed by atoms with Gasteiger partial charge in [0.25, 0.3) is 0 Å². The summed E-state index contributed by atoms with van der Waals surface area (Å²) in [5.41, 5.74) is 1.65. The van der Waals surface area contributed by atoms with Crippen LogP contribution in [0, 0.1) is 6.92 Å². The average Bonchev–Trinajstić information content (AvgIpc) is 2.75. The summed E-state index contributed by atoms with van der Waals surface area (Å²) >= 11 is 7.62. The molecule has 0 aliphatic rings. The van der Waals surface area contributed by atoms with Crippen molar-refractivity contribution >= 4 is 28.6 Å². The van der Waals surface area contributed by atoms with Gasteiger partial charge >= 0.3 is 0 Å². The van der Waals surface area contributed by atoms with Crippen LogP contribution < -0.4 is 5.32 Å². The van der Waals surface area contributed by atoms with Crippen LogP contribution in [0.15, 0.2) is 29.6 Å². The maximum Gasteiger partial charge on any atom is 0.0926 e. The lowest BCUT2D eigenvalue weighted by molar-refractivity contribution is 0.274. The van der Waals surface area contributed by atoms with Gasteiger partial charge in [-0.1, -0.05) is 23.7 Å². The Hall–Kier alpha value is -1.10. The predicted molar refractivity (Wildman–Crippen MR) is 71.8 cm³/mol. The molecular weight excluding hydrogens is 256 g/mol. The lowest BCUT2D eigenvalue weighted by Crippen LogP contribution is -2.15. The minimum Gasteiger partial charge on any atom is -0.394 e. The number of nitrogens with zero attached hydrogens (tertiary/aromatic N) is 1. The molecule has 0 bridgehead atoms. The van der Waals surface area contributed by atoms with E-state index in [4.69, 9.17) is 11.6 Å². The highest BCUT2D eigenvalue weighted by Crippen LogP contribution is 2.26. The van der Waals surface area contributed by atoms with Gasteiger partial charge in [-0.15, -0.1) is 11.3 Å². The van der Waals surface area contributed by atoms with Crippen molar-refractivity contribution in [2.45, 2.75) is 13.0 Å². The molecule has 0 radical (unpaired) electrons. The molecule has 1 aromatic heterocycles. The second-order valence-electron chi connectivity index (χ2n) is 3.65. The zero-order valence-electron chi connectivity index (χ0n) is 9.35. The Bertz CT molecular complexity index is 501. The molecular formula is C12H13ClN2OS. The highest BCUT2D eigenvalue weighted by atomic mass is 35.5. The number of aliphatic hydroxyl groups excluding tert-OH is 1. The first-order chi connectivity index (χ1) is 8.20. The summed E-state index contributed by atoms with van der Waals surface area (Å²) in [6.07, 6.45) is 0. The minimum absolute atomic E-state index is 0.0194. The zero-order valence-corrected chi connectivity index (χ0v) is 10.9. The van der Waals surface area contributed by atoms with Gasteiger partial charge in [0.2, 0.25) is 0 Å². The molecule has 0 fully saturated rings. The molecule has 2 aromatic rings. The Morgan fingerprint density at radius 1 is 1.47 bits per heavy atom. The van der Waals surface area contributed by atoms with Gasteiger partial charge in [-0.2, -0.15) is 0 Å². The quantitative estimate of drug-likeness (QED) is 0.895. The fourth-order valence-corrected chi connectivity index (χ4v) is 2.38. The number of halogens is 1. The maximum atomic E-state index is 9.40. The average molecular weight is 269 g/mol. The van der Waals surface area contributed by atoms with E-state index in [0.29, 0.717) is 5.02 Å². The van der Waals surface area contributed by atoms with Gasteiger partial charge in [0, 0.05) is 5.38 Å². The van der Waals surface area contributed by atoms with Crippen LogP contribution >= 0.6 is 22.9 Å². The van der Waals surface area contributed by atoms with Crippen LogP contribution in [0.2, 0.25) is 5.02 Å². The third kappa shape index (κ3) is 2.97. The second kappa shape index (κ2) is 5.49. The smallest absolute Gasteiger partial charge is 0.0926 e. The molecule has 0 aliphatic heterocycles. The topological polar surface area (TPSA) is 45.2 Å². The van der Waals surface area contributed by atoms with Crippen LogP contribution in [0.3, 0.4) is 0 Å².